The van der Waals surface area contributed by atoms with Gasteiger partial charge in [0, 0.05) is 24.5 Å². The maximum atomic E-state index is 8.41. The fraction of sp³-hybridized carbons (Fsp3) is 0.556. The fourth-order valence-corrected chi connectivity index (χ4v) is 1.85. The molecular weight excluding hydrogens is 212 g/mol. The van der Waals surface area contributed by atoms with Gasteiger partial charge in [-0.1, -0.05) is 12.1 Å². The van der Waals surface area contributed by atoms with Gasteiger partial charge in [-0.3, -0.25) is 4.90 Å². The second kappa shape index (κ2) is 6.36. The van der Waals surface area contributed by atoms with Gasteiger partial charge >= 0.3 is 0 Å². The summed E-state index contributed by atoms with van der Waals surface area (Å²) < 4.78 is 0. The molecule has 0 saturated heterocycles. The van der Waals surface area contributed by atoms with Gasteiger partial charge in [0.2, 0.25) is 0 Å². The monoisotopic (exact) mass is 228 g/mol. The highest BCUT2D eigenvalue weighted by Gasteiger charge is 2.06. The molecule has 0 bridgehead atoms. The third kappa shape index (κ3) is 4.26. The van der Waals surface area contributed by atoms with Crippen molar-refractivity contribution >= 4 is 17.2 Å². The molecule has 3 N–H and O–H groups in total. The Labute approximate surface area is 93.2 Å². The largest absolute Gasteiger partial charge is 0.409 e. The molecule has 84 valence electrons. The molecule has 0 atom stereocenters. The molecule has 0 spiro atoms. The van der Waals surface area contributed by atoms with E-state index in [1.54, 1.807) is 17.5 Å². The first-order valence-electron chi connectivity index (χ1n) is 4.83. The SMILES string of the molecule is CCN(CCC(N)=NO)Cc1nccs1. The average molecular weight is 228 g/mol. The van der Waals surface area contributed by atoms with E-state index in [0.29, 0.717) is 6.42 Å². The number of amidine groups is 1. The van der Waals surface area contributed by atoms with Gasteiger partial charge in [0.05, 0.1) is 6.54 Å². The summed E-state index contributed by atoms with van der Waals surface area (Å²) in [7, 11) is 0. The van der Waals surface area contributed by atoms with Crippen molar-refractivity contribution in [2.24, 2.45) is 10.9 Å². The van der Waals surface area contributed by atoms with Crippen LogP contribution in [0, 0.1) is 0 Å². The Kier molecular flexibility index (Phi) is 5.06. The van der Waals surface area contributed by atoms with Gasteiger partial charge < -0.3 is 10.9 Å². The minimum atomic E-state index is 0.271. The Hall–Kier alpha value is -1.14. The van der Waals surface area contributed by atoms with E-state index in [9.17, 15) is 0 Å². The predicted octanol–water partition coefficient (Wildman–Crippen LogP) is 1.10. The maximum Gasteiger partial charge on any atom is 0.140 e. The number of nitrogens with zero attached hydrogens (tertiary/aromatic N) is 3. The van der Waals surface area contributed by atoms with Gasteiger partial charge in [0.15, 0.2) is 0 Å². The van der Waals surface area contributed by atoms with Gasteiger partial charge in [-0.15, -0.1) is 11.3 Å². The van der Waals surface area contributed by atoms with E-state index in [4.69, 9.17) is 10.9 Å². The summed E-state index contributed by atoms with van der Waals surface area (Å²) in [5, 5.41) is 14.4. The Bertz CT molecular complexity index is 299. The second-order valence-corrected chi connectivity index (χ2v) is 4.12. The van der Waals surface area contributed by atoms with Crippen LogP contribution in [0.5, 0.6) is 0 Å². The second-order valence-electron chi connectivity index (χ2n) is 3.14. The summed E-state index contributed by atoms with van der Waals surface area (Å²) in [5.74, 6) is 0.271. The molecule has 1 aromatic heterocycles. The summed E-state index contributed by atoms with van der Waals surface area (Å²) in [5.41, 5.74) is 5.41. The van der Waals surface area contributed by atoms with E-state index in [1.165, 1.54) is 0 Å². The predicted molar refractivity (Wildman–Crippen MR) is 61.1 cm³/mol. The maximum absolute atomic E-state index is 8.41. The quantitative estimate of drug-likeness (QED) is 0.331. The molecule has 1 rings (SSSR count). The molecule has 0 aliphatic rings. The molecule has 0 aliphatic heterocycles. The molecule has 0 fully saturated rings. The summed E-state index contributed by atoms with van der Waals surface area (Å²) >= 11 is 1.64. The summed E-state index contributed by atoms with van der Waals surface area (Å²) in [6.45, 7) is 4.62. The molecule has 6 heteroatoms. The lowest BCUT2D eigenvalue weighted by Gasteiger charge is -2.18. The first kappa shape index (κ1) is 11.9. The molecule has 0 saturated carbocycles. The number of oxime groups is 1. The molecule has 1 aromatic rings. The van der Waals surface area contributed by atoms with Crippen molar-refractivity contribution in [3.63, 3.8) is 0 Å². The van der Waals surface area contributed by atoms with Crippen LogP contribution in [0.3, 0.4) is 0 Å². The normalized spacial score (nSPS) is 12.3. The van der Waals surface area contributed by atoms with E-state index in [-0.39, 0.29) is 5.84 Å². The van der Waals surface area contributed by atoms with Gasteiger partial charge in [-0.05, 0) is 6.54 Å². The van der Waals surface area contributed by atoms with E-state index in [1.807, 2.05) is 5.38 Å². The Morgan fingerprint density at radius 1 is 1.73 bits per heavy atom. The van der Waals surface area contributed by atoms with Gasteiger partial charge in [0.25, 0.3) is 0 Å². The van der Waals surface area contributed by atoms with Gasteiger partial charge in [-0.25, -0.2) is 4.98 Å². The number of rotatable bonds is 6. The van der Waals surface area contributed by atoms with Crippen molar-refractivity contribution in [3.05, 3.63) is 16.6 Å². The molecule has 0 amide bonds. The van der Waals surface area contributed by atoms with Crippen LogP contribution in [0.15, 0.2) is 16.7 Å². The number of aromatic nitrogens is 1. The highest BCUT2D eigenvalue weighted by atomic mass is 32.1. The van der Waals surface area contributed by atoms with Crippen molar-refractivity contribution in [2.75, 3.05) is 13.1 Å². The summed E-state index contributed by atoms with van der Waals surface area (Å²) in [6, 6.07) is 0. The zero-order chi connectivity index (χ0) is 11.1. The molecule has 5 nitrogen and oxygen atoms in total. The zero-order valence-corrected chi connectivity index (χ0v) is 9.57. The summed E-state index contributed by atoms with van der Waals surface area (Å²) in [6.07, 6.45) is 2.38. The van der Waals surface area contributed by atoms with E-state index < -0.39 is 0 Å². The fourth-order valence-electron chi connectivity index (χ4n) is 1.19. The van der Waals surface area contributed by atoms with Gasteiger partial charge in [-0.2, -0.15) is 0 Å². The topological polar surface area (TPSA) is 74.7 Å². The minimum absolute atomic E-state index is 0.271. The van der Waals surface area contributed by atoms with Crippen LogP contribution in [0.25, 0.3) is 0 Å². The van der Waals surface area contributed by atoms with E-state index >= 15 is 0 Å². The molecule has 0 aliphatic carbocycles. The van der Waals surface area contributed by atoms with Crippen LogP contribution < -0.4 is 5.73 Å². The Morgan fingerprint density at radius 3 is 3.07 bits per heavy atom. The molecule has 0 radical (unpaired) electrons. The Morgan fingerprint density at radius 2 is 2.53 bits per heavy atom. The van der Waals surface area contributed by atoms with Crippen LogP contribution in [-0.4, -0.2) is 34.0 Å². The Balaban J connectivity index is 2.36. The lowest BCUT2D eigenvalue weighted by Crippen LogP contribution is -2.27. The highest BCUT2D eigenvalue weighted by Crippen LogP contribution is 2.08. The van der Waals surface area contributed by atoms with Crippen molar-refractivity contribution in [3.8, 4) is 0 Å². The highest BCUT2D eigenvalue weighted by molar-refractivity contribution is 7.09. The lowest BCUT2D eigenvalue weighted by atomic mass is 10.3. The number of hydrogen-bond donors (Lipinski definition) is 2. The average Bonchev–Trinajstić information content (AvgIpc) is 2.76. The van der Waals surface area contributed by atoms with Crippen LogP contribution in [0.4, 0.5) is 0 Å². The standard InChI is InChI=1S/C9H16N4OS/c1-2-13(5-3-8(10)12-14)7-9-11-4-6-15-9/h4,6,14H,2-3,5,7H2,1H3,(H2,10,12). The van der Waals surface area contributed by atoms with Crippen molar-refractivity contribution in [1.82, 2.24) is 9.88 Å². The lowest BCUT2D eigenvalue weighted by molar-refractivity contribution is 0.282. The van der Waals surface area contributed by atoms with Crippen LogP contribution in [0.2, 0.25) is 0 Å². The molecule has 0 unspecified atom stereocenters. The number of nitrogens with two attached hydrogens (primary N) is 1. The van der Waals surface area contributed by atoms with Crippen molar-refractivity contribution in [1.29, 1.82) is 0 Å². The van der Waals surface area contributed by atoms with Crippen molar-refractivity contribution < 1.29 is 5.21 Å². The van der Waals surface area contributed by atoms with E-state index in [2.05, 4.69) is 22.0 Å². The van der Waals surface area contributed by atoms with Crippen LogP contribution >= 0.6 is 11.3 Å². The number of thiazole rings is 1. The first-order chi connectivity index (χ1) is 7.26. The molecule has 1 heterocycles. The number of hydrogen-bond acceptors (Lipinski definition) is 5. The van der Waals surface area contributed by atoms with E-state index in [0.717, 1.165) is 24.6 Å². The van der Waals surface area contributed by atoms with Crippen LogP contribution in [-0.2, 0) is 6.54 Å². The van der Waals surface area contributed by atoms with Gasteiger partial charge in [0.1, 0.15) is 10.8 Å². The van der Waals surface area contributed by atoms with Crippen molar-refractivity contribution in [2.45, 2.75) is 19.9 Å². The minimum Gasteiger partial charge on any atom is -0.409 e. The zero-order valence-electron chi connectivity index (χ0n) is 8.76. The van der Waals surface area contributed by atoms with Crippen LogP contribution in [0.1, 0.15) is 18.4 Å². The third-order valence-electron chi connectivity index (χ3n) is 2.10. The summed E-state index contributed by atoms with van der Waals surface area (Å²) in [4.78, 5) is 6.42. The molecular formula is C9H16N4OS. The molecule has 0 aromatic carbocycles. The molecule has 15 heavy (non-hydrogen) atoms. The smallest absolute Gasteiger partial charge is 0.140 e. The first-order valence-corrected chi connectivity index (χ1v) is 5.71. The third-order valence-corrected chi connectivity index (χ3v) is 2.87.